The van der Waals surface area contributed by atoms with Crippen molar-refractivity contribution in [1.82, 2.24) is 5.32 Å². The number of amides is 1. The van der Waals surface area contributed by atoms with Gasteiger partial charge in [-0.1, -0.05) is 46.0 Å². The molecule has 0 aromatic carbocycles. The van der Waals surface area contributed by atoms with Crippen molar-refractivity contribution in [2.45, 2.75) is 58.4 Å². The Morgan fingerprint density at radius 3 is 2.50 bits per heavy atom. The van der Waals surface area contributed by atoms with Crippen LogP contribution in [0.15, 0.2) is 0 Å². The number of nitrogens with two attached hydrogens (primary N) is 1. The van der Waals surface area contributed by atoms with E-state index in [9.17, 15) is 4.79 Å². The molecular formula is C13H26N2O. The molecule has 3 N–H and O–H groups in total. The lowest BCUT2D eigenvalue weighted by Crippen LogP contribution is -2.44. The molecule has 1 atom stereocenters. The van der Waals surface area contributed by atoms with Gasteiger partial charge in [0.15, 0.2) is 0 Å². The van der Waals surface area contributed by atoms with E-state index in [1.165, 1.54) is 32.1 Å². The summed E-state index contributed by atoms with van der Waals surface area (Å²) in [5.41, 5.74) is 5.77. The minimum Gasteiger partial charge on any atom is -0.355 e. The predicted molar refractivity (Wildman–Crippen MR) is 67.0 cm³/mol. The fourth-order valence-corrected chi connectivity index (χ4v) is 2.30. The van der Waals surface area contributed by atoms with Gasteiger partial charge in [-0.25, -0.2) is 0 Å². The number of rotatable bonds is 5. The maximum atomic E-state index is 11.6. The second-order valence-electron chi connectivity index (χ2n) is 5.35. The van der Waals surface area contributed by atoms with Gasteiger partial charge in [-0.3, -0.25) is 4.79 Å². The van der Waals surface area contributed by atoms with Crippen LogP contribution >= 0.6 is 0 Å². The Morgan fingerprint density at radius 2 is 1.94 bits per heavy atom. The highest BCUT2D eigenvalue weighted by Crippen LogP contribution is 2.25. The van der Waals surface area contributed by atoms with E-state index in [4.69, 9.17) is 5.73 Å². The van der Waals surface area contributed by atoms with Crippen molar-refractivity contribution >= 4 is 5.91 Å². The number of carbonyl (C=O) groups is 1. The molecule has 16 heavy (non-hydrogen) atoms. The van der Waals surface area contributed by atoms with E-state index < -0.39 is 0 Å². The first-order valence-electron chi connectivity index (χ1n) is 6.64. The Kier molecular flexibility index (Phi) is 5.81. The van der Waals surface area contributed by atoms with E-state index >= 15 is 0 Å². The zero-order valence-corrected chi connectivity index (χ0v) is 10.7. The van der Waals surface area contributed by atoms with Crippen LogP contribution in [0, 0.1) is 11.8 Å². The molecule has 1 aliphatic rings. The monoisotopic (exact) mass is 226 g/mol. The van der Waals surface area contributed by atoms with Crippen molar-refractivity contribution in [3.8, 4) is 0 Å². The maximum absolute atomic E-state index is 11.6. The van der Waals surface area contributed by atoms with Crippen molar-refractivity contribution in [3.63, 3.8) is 0 Å². The molecule has 0 aromatic heterocycles. The van der Waals surface area contributed by atoms with Gasteiger partial charge in [-0.05, 0) is 18.3 Å². The van der Waals surface area contributed by atoms with Crippen LogP contribution in [0.3, 0.4) is 0 Å². The summed E-state index contributed by atoms with van der Waals surface area (Å²) in [6, 6.07) is -0.355. The first-order chi connectivity index (χ1) is 7.61. The van der Waals surface area contributed by atoms with E-state index in [1.54, 1.807) is 0 Å². The molecule has 0 bridgehead atoms. The zero-order valence-electron chi connectivity index (χ0n) is 10.7. The van der Waals surface area contributed by atoms with Crippen molar-refractivity contribution < 1.29 is 4.79 Å². The molecular weight excluding hydrogens is 200 g/mol. The third-order valence-corrected chi connectivity index (χ3v) is 3.60. The lowest BCUT2D eigenvalue weighted by atomic mass is 9.87. The van der Waals surface area contributed by atoms with Crippen molar-refractivity contribution in [2.24, 2.45) is 17.6 Å². The Labute approximate surface area is 99.2 Å². The van der Waals surface area contributed by atoms with E-state index in [0.29, 0.717) is 0 Å². The largest absolute Gasteiger partial charge is 0.355 e. The molecule has 0 saturated heterocycles. The smallest absolute Gasteiger partial charge is 0.237 e. The summed E-state index contributed by atoms with van der Waals surface area (Å²) in [5.74, 6) is 1.05. The zero-order chi connectivity index (χ0) is 12.0. The van der Waals surface area contributed by atoms with Gasteiger partial charge in [0.1, 0.15) is 0 Å². The predicted octanol–water partition coefficient (Wildman–Crippen LogP) is 2.06. The summed E-state index contributed by atoms with van der Waals surface area (Å²) >= 11 is 0. The van der Waals surface area contributed by atoms with E-state index in [2.05, 4.69) is 5.32 Å². The molecule has 3 heteroatoms. The first-order valence-corrected chi connectivity index (χ1v) is 6.64. The summed E-state index contributed by atoms with van der Waals surface area (Å²) in [7, 11) is 0. The molecule has 94 valence electrons. The summed E-state index contributed by atoms with van der Waals surface area (Å²) in [6.07, 6.45) is 7.92. The van der Waals surface area contributed by atoms with Gasteiger partial charge in [0.05, 0.1) is 6.04 Å². The van der Waals surface area contributed by atoms with Crippen molar-refractivity contribution in [2.75, 3.05) is 6.54 Å². The topological polar surface area (TPSA) is 55.1 Å². The van der Waals surface area contributed by atoms with Crippen LogP contribution in [-0.4, -0.2) is 18.5 Å². The molecule has 1 saturated carbocycles. The molecule has 0 unspecified atom stereocenters. The molecule has 0 aromatic rings. The molecule has 3 nitrogen and oxygen atoms in total. The summed E-state index contributed by atoms with van der Waals surface area (Å²) in [5, 5.41) is 2.95. The minimum atomic E-state index is -0.355. The second-order valence-corrected chi connectivity index (χ2v) is 5.35. The molecule has 1 rings (SSSR count). The molecule has 0 spiro atoms. The summed E-state index contributed by atoms with van der Waals surface area (Å²) in [6.45, 7) is 4.75. The fraction of sp³-hybridized carbons (Fsp3) is 0.923. The highest BCUT2D eigenvalue weighted by molar-refractivity contribution is 5.81. The van der Waals surface area contributed by atoms with Crippen molar-refractivity contribution in [1.29, 1.82) is 0 Å². The lowest BCUT2D eigenvalue weighted by Gasteiger charge is -2.22. The Hall–Kier alpha value is -0.570. The van der Waals surface area contributed by atoms with E-state index in [0.717, 1.165) is 18.9 Å². The van der Waals surface area contributed by atoms with E-state index in [-0.39, 0.29) is 17.9 Å². The number of hydrogen-bond donors (Lipinski definition) is 2. The van der Waals surface area contributed by atoms with Gasteiger partial charge in [-0.2, -0.15) is 0 Å². The quantitative estimate of drug-likeness (QED) is 0.754. The average Bonchev–Trinajstić information content (AvgIpc) is 2.29. The number of nitrogens with one attached hydrogen (secondary N) is 1. The van der Waals surface area contributed by atoms with Gasteiger partial charge in [-0.15, -0.1) is 0 Å². The van der Waals surface area contributed by atoms with Crippen LogP contribution < -0.4 is 11.1 Å². The van der Waals surface area contributed by atoms with Crippen molar-refractivity contribution in [3.05, 3.63) is 0 Å². The summed E-state index contributed by atoms with van der Waals surface area (Å²) in [4.78, 5) is 11.6. The number of carbonyl (C=O) groups excluding carboxylic acids is 1. The third-order valence-electron chi connectivity index (χ3n) is 3.60. The van der Waals surface area contributed by atoms with Crippen LogP contribution in [-0.2, 0) is 4.79 Å². The Morgan fingerprint density at radius 1 is 1.31 bits per heavy atom. The van der Waals surface area contributed by atoms with Crippen LogP contribution in [0.4, 0.5) is 0 Å². The third kappa shape index (κ3) is 4.52. The van der Waals surface area contributed by atoms with Gasteiger partial charge < -0.3 is 11.1 Å². The standard InChI is InChI=1S/C13H26N2O/c1-10(2)12(14)13(16)15-9-8-11-6-4-3-5-7-11/h10-12H,3-9,14H2,1-2H3,(H,15,16)/t12-/m0/s1. The molecule has 0 radical (unpaired) electrons. The highest BCUT2D eigenvalue weighted by Gasteiger charge is 2.17. The fourth-order valence-electron chi connectivity index (χ4n) is 2.30. The number of hydrogen-bond acceptors (Lipinski definition) is 2. The molecule has 0 heterocycles. The van der Waals surface area contributed by atoms with E-state index in [1.807, 2.05) is 13.8 Å². The van der Waals surface area contributed by atoms with Crippen LogP contribution in [0.25, 0.3) is 0 Å². The molecule has 1 fully saturated rings. The van der Waals surface area contributed by atoms with Gasteiger partial charge in [0.25, 0.3) is 0 Å². The Balaban J connectivity index is 2.12. The lowest BCUT2D eigenvalue weighted by molar-refractivity contribution is -0.123. The molecule has 1 amide bonds. The minimum absolute atomic E-state index is 0.00538. The molecule has 0 aliphatic heterocycles. The highest BCUT2D eigenvalue weighted by atomic mass is 16.2. The van der Waals surface area contributed by atoms with Gasteiger partial charge >= 0.3 is 0 Å². The SMILES string of the molecule is CC(C)[C@H](N)C(=O)NCCC1CCCCC1. The normalized spacial score (nSPS) is 19.8. The maximum Gasteiger partial charge on any atom is 0.237 e. The second kappa shape index (κ2) is 6.89. The summed E-state index contributed by atoms with van der Waals surface area (Å²) < 4.78 is 0. The van der Waals surface area contributed by atoms with Gasteiger partial charge in [0, 0.05) is 6.54 Å². The first kappa shape index (κ1) is 13.5. The Bertz CT molecular complexity index is 210. The van der Waals surface area contributed by atoms with Gasteiger partial charge in [0.2, 0.25) is 5.91 Å². The average molecular weight is 226 g/mol. The van der Waals surface area contributed by atoms with Crippen LogP contribution in [0.1, 0.15) is 52.4 Å². The van der Waals surface area contributed by atoms with Crippen LogP contribution in [0.2, 0.25) is 0 Å². The molecule has 1 aliphatic carbocycles. The van der Waals surface area contributed by atoms with Crippen LogP contribution in [0.5, 0.6) is 0 Å².